The van der Waals surface area contributed by atoms with Crippen LogP contribution in [0.3, 0.4) is 0 Å². The Bertz CT molecular complexity index is 1030. The molecule has 0 unspecified atom stereocenters. The van der Waals surface area contributed by atoms with Gasteiger partial charge in [-0.1, -0.05) is 12.1 Å². The van der Waals surface area contributed by atoms with Crippen molar-refractivity contribution >= 4 is 23.4 Å². The van der Waals surface area contributed by atoms with Crippen LogP contribution >= 0.6 is 0 Å². The van der Waals surface area contributed by atoms with E-state index in [1.54, 1.807) is 23.1 Å². The molecule has 2 atom stereocenters. The Balaban J connectivity index is 1.28. The van der Waals surface area contributed by atoms with Gasteiger partial charge in [-0.25, -0.2) is 4.98 Å². The molecule has 1 amide bonds. The molecule has 10 heteroatoms. The first-order valence-electron chi connectivity index (χ1n) is 9.54. The van der Waals surface area contributed by atoms with E-state index in [2.05, 4.69) is 37.4 Å². The van der Waals surface area contributed by atoms with Gasteiger partial charge in [0.15, 0.2) is 0 Å². The molecule has 2 fully saturated rings. The van der Waals surface area contributed by atoms with Gasteiger partial charge in [-0.2, -0.15) is 10.1 Å². The number of nitrogens with zero attached hydrogens (tertiary/aromatic N) is 7. The van der Waals surface area contributed by atoms with Crippen LogP contribution < -0.4 is 10.2 Å². The van der Waals surface area contributed by atoms with E-state index in [0.717, 1.165) is 24.6 Å². The number of aryl methyl sites for hydroxylation is 1. The fraction of sp³-hybridized carbons (Fsp3) is 0.421. The van der Waals surface area contributed by atoms with Gasteiger partial charge in [0.05, 0.1) is 18.1 Å². The summed E-state index contributed by atoms with van der Waals surface area (Å²) in [5.74, 6) is 2.01. The average molecular weight is 394 g/mol. The van der Waals surface area contributed by atoms with Gasteiger partial charge in [0.1, 0.15) is 5.82 Å². The monoisotopic (exact) mass is 394 g/mol. The first kappa shape index (κ1) is 17.7. The van der Waals surface area contributed by atoms with Crippen molar-refractivity contribution in [1.29, 1.82) is 0 Å². The molecule has 3 aromatic heterocycles. The first-order valence-corrected chi connectivity index (χ1v) is 9.54. The van der Waals surface area contributed by atoms with Crippen molar-refractivity contribution in [3.8, 4) is 0 Å². The molecule has 5 rings (SSSR count). The van der Waals surface area contributed by atoms with Crippen molar-refractivity contribution in [3.63, 3.8) is 0 Å². The van der Waals surface area contributed by atoms with Crippen molar-refractivity contribution in [1.82, 2.24) is 29.8 Å². The number of fused-ring (bicyclic) bond motifs is 1. The molecule has 1 N–H and O–H groups in total. The topological polar surface area (TPSA) is 105 Å². The van der Waals surface area contributed by atoms with Crippen LogP contribution in [-0.2, 0) is 7.05 Å². The van der Waals surface area contributed by atoms with Gasteiger partial charge >= 0.3 is 0 Å². The van der Waals surface area contributed by atoms with Crippen LogP contribution in [0.1, 0.15) is 17.5 Å². The standard InChI is InChI=1S/C19H22N8O2/c1-19-11-26(8-13(19)9-27(12-19)17(28)15-3-6-22-29-15)16-4-5-20-18(24-16)23-14-7-21-25(2)10-14/h3-7,10,13H,8-9,11-12H2,1-2H3,(H,20,23,24)/t13-,19+/m1/s1. The number of amides is 1. The molecular formula is C19H22N8O2. The third-order valence-corrected chi connectivity index (χ3v) is 5.83. The summed E-state index contributed by atoms with van der Waals surface area (Å²) in [7, 11) is 1.86. The molecule has 2 aliphatic heterocycles. The minimum absolute atomic E-state index is 0.0115. The van der Waals surface area contributed by atoms with Crippen LogP contribution in [0.25, 0.3) is 0 Å². The van der Waals surface area contributed by atoms with Gasteiger partial charge in [0.2, 0.25) is 11.7 Å². The molecule has 0 saturated carbocycles. The van der Waals surface area contributed by atoms with E-state index in [-0.39, 0.29) is 11.3 Å². The first-order chi connectivity index (χ1) is 14.0. The summed E-state index contributed by atoms with van der Waals surface area (Å²) in [5, 5.41) is 11.0. The molecule has 0 spiro atoms. The quantitative estimate of drug-likeness (QED) is 0.710. The summed E-state index contributed by atoms with van der Waals surface area (Å²) in [6.45, 7) is 5.32. The van der Waals surface area contributed by atoms with Crippen molar-refractivity contribution in [2.75, 3.05) is 36.4 Å². The van der Waals surface area contributed by atoms with Gasteiger partial charge in [-0.3, -0.25) is 9.48 Å². The highest BCUT2D eigenvalue weighted by Gasteiger charge is 2.51. The lowest BCUT2D eigenvalue weighted by atomic mass is 9.83. The number of carbonyl (C=O) groups is 1. The molecule has 0 aromatic carbocycles. The average Bonchev–Trinajstić information content (AvgIpc) is 3.45. The second-order valence-electron chi connectivity index (χ2n) is 8.06. The van der Waals surface area contributed by atoms with E-state index in [1.807, 2.05) is 24.2 Å². The number of aromatic nitrogens is 5. The summed E-state index contributed by atoms with van der Waals surface area (Å²) in [4.78, 5) is 25.7. The predicted octanol–water partition coefficient (Wildman–Crippen LogP) is 1.54. The predicted molar refractivity (Wildman–Crippen MR) is 105 cm³/mol. The Morgan fingerprint density at radius 1 is 1.28 bits per heavy atom. The van der Waals surface area contributed by atoms with E-state index in [0.29, 0.717) is 30.7 Å². The number of carbonyl (C=O) groups excluding carboxylic acids is 1. The number of nitrogens with one attached hydrogen (secondary N) is 1. The SMILES string of the molecule is Cn1cc(Nc2nccc(N3C[C@@H]4CN(C(=O)c5ccno5)C[C@]4(C)C3)n2)cn1. The lowest BCUT2D eigenvalue weighted by Crippen LogP contribution is -2.35. The van der Waals surface area contributed by atoms with Gasteiger partial charge in [0.25, 0.3) is 5.91 Å². The second-order valence-corrected chi connectivity index (χ2v) is 8.06. The van der Waals surface area contributed by atoms with Gasteiger partial charge in [0, 0.05) is 63.0 Å². The van der Waals surface area contributed by atoms with Gasteiger partial charge in [-0.05, 0) is 6.07 Å². The molecule has 29 heavy (non-hydrogen) atoms. The maximum Gasteiger partial charge on any atom is 0.292 e. The number of hydrogen-bond acceptors (Lipinski definition) is 8. The number of likely N-dealkylation sites (tertiary alicyclic amines) is 1. The van der Waals surface area contributed by atoms with E-state index in [9.17, 15) is 4.79 Å². The maximum atomic E-state index is 12.6. The Morgan fingerprint density at radius 3 is 2.90 bits per heavy atom. The zero-order chi connectivity index (χ0) is 20.0. The number of rotatable bonds is 4. The second kappa shape index (κ2) is 6.57. The Kier molecular flexibility index (Phi) is 4.00. The molecule has 0 aliphatic carbocycles. The summed E-state index contributed by atoms with van der Waals surface area (Å²) >= 11 is 0. The van der Waals surface area contributed by atoms with Crippen molar-refractivity contribution < 1.29 is 9.32 Å². The van der Waals surface area contributed by atoms with Crippen LogP contribution in [0.5, 0.6) is 0 Å². The van der Waals surface area contributed by atoms with Crippen molar-refractivity contribution in [2.45, 2.75) is 6.92 Å². The molecule has 2 saturated heterocycles. The zero-order valence-electron chi connectivity index (χ0n) is 16.3. The smallest absolute Gasteiger partial charge is 0.292 e. The van der Waals surface area contributed by atoms with E-state index in [4.69, 9.17) is 4.52 Å². The highest BCUT2D eigenvalue weighted by atomic mass is 16.5. The van der Waals surface area contributed by atoms with E-state index in [1.165, 1.54) is 6.20 Å². The molecular weight excluding hydrogens is 372 g/mol. The molecule has 0 bridgehead atoms. The van der Waals surface area contributed by atoms with E-state index < -0.39 is 0 Å². The summed E-state index contributed by atoms with van der Waals surface area (Å²) < 4.78 is 6.76. The highest BCUT2D eigenvalue weighted by Crippen LogP contribution is 2.43. The number of anilines is 3. The lowest BCUT2D eigenvalue weighted by Gasteiger charge is -2.25. The minimum atomic E-state index is -0.0883. The zero-order valence-corrected chi connectivity index (χ0v) is 16.3. The van der Waals surface area contributed by atoms with Gasteiger partial charge < -0.3 is 19.6 Å². The summed E-state index contributed by atoms with van der Waals surface area (Å²) in [6, 6.07) is 3.54. The molecule has 150 valence electrons. The third-order valence-electron chi connectivity index (χ3n) is 5.83. The van der Waals surface area contributed by atoms with Crippen LogP contribution in [0.2, 0.25) is 0 Å². The molecule has 3 aromatic rings. The largest absolute Gasteiger partial charge is 0.355 e. The van der Waals surface area contributed by atoms with Gasteiger partial charge in [-0.15, -0.1) is 0 Å². The Morgan fingerprint density at radius 2 is 2.17 bits per heavy atom. The fourth-order valence-corrected chi connectivity index (χ4v) is 4.35. The molecule has 0 radical (unpaired) electrons. The minimum Gasteiger partial charge on any atom is -0.355 e. The lowest BCUT2D eigenvalue weighted by molar-refractivity contribution is 0.0733. The molecule has 2 aliphatic rings. The van der Waals surface area contributed by atoms with E-state index >= 15 is 0 Å². The number of hydrogen-bond donors (Lipinski definition) is 1. The molecule has 5 heterocycles. The maximum absolute atomic E-state index is 12.6. The van der Waals surface area contributed by atoms with Crippen molar-refractivity contribution in [2.24, 2.45) is 18.4 Å². The summed E-state index contributed by atoms with van der Waals surface area (Å²) in [5.41, 5.74) is 0.855. The van der Waals surface area contributed by atoms with Crippen LogP contribution in [0, 0.1) is 11.3 Å². The Labute approximate surface area is 167 Å². The summed E-state index contributed by atoms with van der Waals surface area (Å²) in [6.07, 6.45) is 6.87. The van der Waals surface area contributed by atoms with Crippen LogP contribution in [0.4, 0.5) is 17.5 Å². The van der Waals surface area contributed by atoms with Crippen LogP contribution in [0.15, 0.2) is 41.4 Å². The molecule has 10 nitrogen and oxygen atoms in total. The van der Waals surface area contributed by atoms with Crippen molar-refractivity contribution in [3.05, 3.63) is 42.7 Å². The normalized spacial score (nSPS) is 23.4. The van der Waals surface area contributed by atoms with Crippen LogP contribution in [-0.4, -0.2) is 61.9 Å². The fourth-order valence-electron chi connectivity index (χ4n) is 4.35. The highest BCUT2D eigenvalue weighted by molar-refractivity contribution is 5.91. The Hall–Kier alpha value is -3.43. The third kappa shape index (κ3) is 3.20.